The Morgan fingerprint density at radius 1 is 1.36 bits per heavy atom. The third-order valence-corrected chi connectivity index (χ3v) is 11.0. The van der Waals surface area contributed by atoms with Gasteiger partial charge in [-0.05, 0) is 42.6 Å². The summed E-state index contributed by atoms with van der Waals surface area (Å²) in [5, 5.41) is 0.217. The lowest BCUT2D eigenvalue weighted by Crippen LogP contribution is -2.53. The fourth-order valence-electron chi connectivity index (χ4n) is 3.81. The van der Waals surface area contributed by atoms with Crippen LogP contribution in [0.1, 0.15) is 47.0 Å². The highest BCUT2D eigenvalue weighted by Crippen LogP contribution is 2.60. The van der Waals surface area contributed by atoms with E-state index >= 15 is 0 Å². The first-order valence-electron chi connectivity index (χ1n) is 8.39. The first kappa shape index (κ1) is 16.3. The third-order valence-electron chi connectivity index (χ3n) is 6.54. The van der Waals surface area contributed by atoms with Crippen LogP contribution in [0.15, 0.2) is 24.5 Å². The molecule has 2 aliphatic heterocycles. The predicted molar refractivity (Wildman–Crippen MR) is 91.0 cm³/mol. The molecule has 3 nitrogen and oxygen atoms in total. The van der Waals surface area contributed by atoms with E-state index in [1.165, 1.54) is 5.57 Å². The summed E-state index contributed by atoms with van der Waals surface area (Å²) >= 11 is 0. The van der Waals surface area contributed by atoms with E-state index in [0.717, 1.165) is 19.3 Å². The number of ether oxygens (including phenoxy) is 2. The van der Waals surface area contributed by atoms with E-state index in [-0.39, 0.29) is 28.4 Å². The highest BCUT2D eigenvalue weighted by atomic mass is 28.4. The molecule has 0 amide bonds. The Bertz CT molecular complexity index is 519. The quantitative estimate of drug-likeness (QED) is 0.542. The molecule has 2 heterocycles. The minimum atomic E-state index is -1.80. The standard InChI is InChI=1S/C18H30O3Si/c1-13-14(21-22(6,7)16(2,3)4)8-9-18-10-11-19-15(20-18)12-17(13,18)5/h10-11,14-15H,1,8-9,12H2,2-7H3/t14-,15+,17+,18+/m0/s1. The average molecular weight is 323 g/mol. The Balaban J connectivity index is 1.85. The van der Waals surface area contributed by atoms with Crippen molar-refractivity contribution >= 4 is 8.32 Å². The maximum atomic E-state index is 6.69. The second kappa shape index (κ2) is 4.71. The van der Waals surface area contributed by atoms with Gasteiger partial charge in [0, 0.05) is 11.8 Å². The van der Waals surface area contributed by atoms with Gasteiger partial charge in [0.15, 0.2) is 8.32 Å². The van der Waals surface area contributed by atoms with Crippen molar-refractivity contribution in [2.75, 3.05) is 0 Å². The van der Waals surface area contributed by atoms with Gasteiger partial charge in [0.05, 0.1) is 12.4 Å². The first-order chi connectivity index (χ1) is 10.0. The van der Waals surface area contributed by atoms with Gasteiger partial charge in [0.25, 0.3) is 0 Å². The molecular formula is C18H30O3Si. The largest absolute Gasteiger partial charge is 0.473 e. The summed E-state index contributed by atoms with van der Waals surface area (Å²) in [6.45, 7) is 18.2. The fraction of sp³-hybridized carbons (Fsp3) is 0.778. The Morgan fingerprint density at radius 3 is 2.68 bits per heavy atom. The molecule has 0 aromatic carbocycles. The van der Waals surface area contributed by atoms with E-state index in [4.69, 9.17) is 13.9 Å². The maximum Gasteiger partial charge on any atom is 0.200 e. The molecular weight excluding hydrogens is 292 g/mol. The third kappa shape index (κ3) is 2.14. The van der Waals surface area contributed by atoms with E-state index < -0.39 is 8.32 Å². The Morgan fingerprint density at radius 2 is 2.05 bits per heavy atom. The van der Waals surface area contributed by atoms with Gasteiger partial charge in [-0.1, -0.05) is 34.3 Å². The maximum absolute atomic E-state index is 6.69. The van der Waals surface area contributed by atoms with Gasteiger partial charge >= 0.3 is 0 Å². The highest BCUT2D eigenvalue weighted by molar-refractivity contribution is 6.74. The van der Waals surface area contributed by atoms with Crippen LogP contribution in [0.3, 0.4) is 0 Å². The summed E-state index contributed by atoms with van der Waals surface area (Å²) in [6.07, 6.45) is 6.78. The Hall–Kier alpha value is -0.583. The summed E-state index contributed by atoms with van der Waals surface area (Å²) in [7, 11) is -1.80. The molecule has 1 aliphatic carbocycles. The number of hydrogen-bond acceptors (Lipinski definition) is 3. The molecule has 0 unspecified atom stereocenters. The van der Waals surface area contributed by atoms with Crippen LogP contribution in [0.2, 0.25) is 18.1 Å². The van der Waals surface area contributed by atoms with Crippen LogP contribution < -0.4 is 0 Å². The van der Waals surface area contributed by atoms with Gasteiger partial charge in [-0.15, -0.1) is 0 Å². The molecule has 1 saturated carbocycles. The minimum Gasteiger partial charge on any atom is -0.473 e. The molecule has 1 spiro atoms. The molecule has 0 radical (unpaired) electrons. The van der Waals surface area contributed by atoms with E-state index in [1.807, 2.05) is 6.26 Å². The molecule has 3 aliphatic rings. The van der Waals surface area contributed by atoms with Crippen LogP contribution in [0, 0.1) is 5.41 Å². The minimum absolute atomic E-state index is 0.0874. The van der Waals surface area contributed by atoms with Crippen molar-refractivity contribution in [1.29, 1.82) is 0 Å². The van der Waals surface area contributed by atoms with Gasteiger partial charge in [-0.25, -0.2) is 0 Å². The lowest BCUT2D eigenvalue weighted by atomic mass is 9.61. The van der Waals surface area contributed by atoms with Gasteiger partial charge in [0.1, 0.15) is 5.60 Å². The summed E-state index contributed by atoms with van der Waals surface area (Å²) < 4.78 is 18.5. The van der Waals surface area contributed by atoms with E-state index in [1.54, 1.807) is 0 Å². The number of hydrogen-bond donors (Lipinski definition) is 0. The van der Waals surface area contributed by atoms with Crippen molar-refractivity contribution in [2.24, 2.45) is 5.41 Å². The number of fused-ring (bicyclic) bond motifs is 1. The van der Waals surface area contributed by atoms with Crippen LogP contribution in [0.4, 0.5) is 0 Å². The topological polar surface area (TPSA) is 27.7 Å². The predicted octanol–water partition coefficient (Wildman–Crippen LogP) is 4.76. The molecule has 0 aromatic rings. The van der Waals surface area contributed by atoms with Crippen LogP contribution >= 0.6 is 0 Å². The zero-order valence-corrected chi connectivity index (χ0v) is 15.9. The molecule has 4 atom stereocenters. The number of rotatable bonds is 2. The van der Waals surface area contributed by atoms with Gasteiger partial charge in [-0.3, -0.25) is 0 Å². The Labute approximate surface area is 135 Å². The zero-order chi connectivity index (χ0) is 16.4. The molecule has 4 heteroatoms. The van der Waals surface area contributed by atoms with Crippen LogP contribution in [0.25, 0.3) is 0 Å². The Kier molecular flexibility index (Phi) is 3.49. The van der Waals surface area contributed by atoms with E-state index in [0.29, 0.717) is 0 Å². The van der Waals surface area contributed by atoms with Crippen molar-refractivity contribution < 1.29 is 13.9 Å². The molecule has 3 rings (SSSR count). The SMILES string of the molecule is C=C1[C@@H](O[Si](C)(C)C(C)(C)C)CC[C@@]23C=CO[C@@H](C[C@]12C)O3. The molecule has 124 valence electrons. The molecule has 2 bridgehead atoms. The second-order valence-electron chi connectivity index (χ2n) is 8.84. The fourth-order valence-corrected chi connectivity index (χ4v) is 5.13. The molecule has 2 fully saturated rings. The first-order valence-corrected chi connectivity index (χ1v) is 11.3. The lowest BCUT2D eigenvalue weighted by Gasteiger charge is -2.51. The monoisotopic (exact) mass is 322 g/mol. The van der Waals surface area contributed by atoms with E-state index in [9.17, 15) is 0 Å². The average Bonchev–Trinajstić information content (AvgIpc) is 2.60. The van der Waals surface area contributed by atoms with Crippen molar-refractivity contribution in [3.8, 4) is 0 Å². The van der Waals surface area contributed by atoms with Crippen LogP contribution in [-0.4, -0.2) is 26.3 Å². The summed E-state index contributed by atoms with van der Waals surface area (Å²) in [6, 6.07) is 0. The molecule has 1 saturated heterocycles. The van der Waals surface area contributed by atoms with Crippen LogP contribution in [-0.2, 0) is 13.9 Å². The van der Waals surface area contributed by atoms with Gasteiger partial charge < -0.3 is 13.9 Å². The summed E-state index contributed by atoms with van der Waals surface area (Å²) in [5.74, 6) is 0. The van der Waals surface area contributed by atoms with Crippen molar-refractivity contribution in [3.05, 3.63) is 24.5 Å². The second-order valence-corrected chi connectivity index (χ2v) is 13.6. The van der Waals surface area contributed by atoms with Crippen LogP contribution in [0.5, 0.6) is 0 Å². The molecule has 0 aromatic heterocycles. The lowest BCUT2D eigenvalue weighted by molar-refractivity contribution is -0.159. The molecule has 0 N–H and O–H groups in total. The van der Waals surface area contributed by atoms with Gasteiger partial charge in [0.2, 0.25) is 6.29 Å². The highest BCUT2D eigenvalue weighted by Gasteiger charge is 2.62. The van der Waals surface area contributed by atoms with Crippen molar-refractivity contribution in [2.45, 2.75) is 83.1 Å². The zero-order valence-electron chi connectivity index (χ0n) is 14.9. The van der Waals surface area contributed by atoms with E-state index in [2.05, 4.69) is 53.4 Å². The van der Waals surface area contributed by atoms with Gasteiger partial charge in [-0.2, -0.15) is 0 Å². The smallest absolute Gasteiger partial charge is 0.200 e. The summed E-state index contributed by atoms with van der Waals surface area (Å²) in [5.41, 5.74) is 0.872. The molecule has 22 heavy (non-hydrogen) atoms. The van der Waals surface area contributed by atoms with Crippen molar-refractivity contribution in [3.63, 3.8) is 0 Å². The summed E-state index contributed by atoms with van der Waals surface area (Å²) in [4.78, 5) is 0. The normalized spacial score (nSPS) is 41.3. The van der Waals surface area contributed by atoms with Crippen molar-refractivity contribution in [1.82, 2.24) is 0 Å².